The number of hydrogen-bond acceptors (Lipinski definition) is 4. The number of ether oxygens (including phenoxy) is 1. The maximum Gasteiger partial charge on any atom is 0.142 e. The number of hydrogen-bond donors (Lipinski definition) is 1. The van der Waals surface area contributed by atoms with Gasteiger partial charge in [-0.3, -0.25) is 0 Å². The number of nitrogens with one attached hydrogen (secondary N) is 1. The summed E-state index contributed by atoms with van der Waals surface area (Å²) in [5.74, 6) is 0.943. The minimum Gasteiger partial charge on any atom is -0.495 e. The van der Waals surface area contributed by atoms with Crippen LogP contribution < -0.4 is 15.0 Å². The van der Waals surface area contributed by atoms with Gasteiger partial charge in [-0.1, -0.05) is 12.1 Å². The molecule has 106 valence electrons. The van der Waals surface area contributed by atoms with Gasteiger partial charge in [0.2, 0.25) is 0 Å². The molecule has 4 heteroatoms. The number of nitrogens with zero attached hydrogens (tertiary/aromatic N) is 2. The SMILES string of the molecule is COc1ccccc1N(C)CCC1CN(C)CCN1. The van der Waals surface area contributed by atoms with E-state index >= 15 is 0 Å². The van der Waals surface area contributed by atoms with Gasteiger partial charge in [-0.2, -0.15) is 0 Å². The Labute approximate surface area is 116 Å². The van der Waals surface area contributed by atoms with Crippen LogP contribution >= 0.6 is 0 Å². The third kappa shape index (κ3) is 3.85. The van der Waals surface area contributed by atoms with Crippen LogP contribution in [0.5, 0.6) is 5.75 Å². The van der Waals surface area contributed by atoms with Crippen LogP contribution in [-0.4, -0.2) is 58.3 Å². The number of piperazine rings is 1. The highest BCUT2D eigenvalue weighted by Crippen LogP contribution is 2.26. The first kappa shape index (κ1) is 14.2. The second-order valence-electron chi connectivity index (χ2n) is 5.30. The molecule has 0 aliphatic carbocycles. The summed E-state index contributed by atoms with van der Waals surface area (Å²) >= 11 is 0. The standard InChI is InChI=1S/C15H25N3O/c1-17-11-9-16-13(12-17)8-10-18(2)14-6-4-5-7-15(14)19-3/h4-7,13,16H,8-12H2,1-3H3. The first-order chi connectivity index (χ1) is 9.20. The van der Waals surface area contributed by atoms with Crippen molar-refractivity contribution in [1.29, 1.82) is 0 Å². The summed E-state index contributed by atoms with van der Waals surface area (Å²) in [6.07, 6.45) is 1.15. The first-order valence-electron chi connectivity index (χ1n) is 6.97. The van der Waals surface area contributed by atoms with Crippen LogP contribution in [0.1, 0.15) is 6.42 Å². The molecule has 1 aliphatic rings. The molecule has 1 aliphatic heterocycles. The highest BCUT2D eigenvalue weighted by molar-refractivity contribution is 5.57. The summed E-state index contributed by atoms with van der Waals surface area (Å²) in [4.78, 5) is 4.67. The molecule has 19 heavy (non-hydrogen) atoms. The number of benzene rings is 1. The second kappa shape index (κ2) is 6.78. The quantitative estimate of drug-likeness (QED) is 0.869. The molecule has 0 spiro atoms. The average molecular weight is 263 g/mol. The Morgan fingerprint density at radius 1 is 1.42 bits per heavy atom. The number of anilines is 1. The molecular formula is C15H25N3O. The van der Waals surface area contributed by atoms with Crippen LogP contribution in [0.25, 0.3) is 0 Å². The zero-order valence-corrected chi connectivity index (χ0v) is 12.2. The Balaban J connectivity index is 1.88. The molecule has 1 atom stereocenters. The number of para-hydroxylation sites is 2. The normalized spacial score (nSPS) is 20.3. The zero-order chi connectivity index (χ0) is 13.7. The van der Waals surface area contributed by atoms with E-state index in [9.17, 15) is 0 Å². The van der Waals surface area contributed by atoms with E-state index in [0.29, 0.717) is 6.04 Å². The van der Waals surface area contributed by atoms with Crippen molar-refractivity contribution in [1.82, 2.24) is 10.2 Å². The lowest BCUT2D eigenvalue weighted by Crippen LogP contribution is -2.49. The molecule has 1 heterocycles. The van der Waals surface area contributed by atoms with Crippen molar-refractivity contribution in [2.45, 2.75) is 12.5 Å². The third-order valence-corrected chi connectivity index (χ3v) is 3.77. The summed E-state index contributed by atoms with van der Waals surface area (Å²) in [5, 5.41) is 3.59. The van der Waals surface area contributed by atoms with Gasteiger partial charge in [-0.25, -0.2) is 0 Å². The molecule has 2 rings (SSSR count). The fourth-order valence-corrected chi connectivity index (χ4v) is 2.60. The molecule has 0 aromatic heterocycles. The van der Waals surface area contributed by atoms with Gasteiger partial charge >= 0.3 is 0 Å². The molecule has 0 saturated carbocycles. The summed E-state index contributed by atoms with van der Waals surface area (Å²) in [5.41, 5.74) is 1.16. The molecule has 1 fully saturated rings. The predicted molar refractivity (Wildman–Crippen MR) is 80.2 cm³/mol. The van der Waals surface area contributed by atoms with E-state index in [2.05, 4.69) is 41.3 Å². The van der Waals surface area contributed by atoms with Crippen LogP contribution in [0.2, 0.25) is 0 Å². The summed E-state index contributed by atoms with van der Waals surface area (Å²) in [6, 6.07) is 8.78. The maximum absolute atomic E-state index is 5.41. The van der Waals surface area contributed by atoms with Crippen molar-refractivity contribution >= 4 is 5.69 Å². The Morgan fingerprint density at radius 2 is 2.21 bits per heavy atom. The number of rotatable bonds is 5. The van der Waals surface area contributed by atoms with Crippen molar-refractivity contribution in [3.8, 4) is 5.75 Å². The fourth-order valence-electron chi connectivity index (χ4n) is 2.60. The lowest BCUT2D eigenvalue weighted by molar-refractivity contribution is 0.233. The van der Waals surface area contributed by atoms with Gasteiger partial charge in [-0.15, -0.1) is 0 Å². The molecule has 1 unspecified atom stereocenters. The Morgan fingerprint density at radius 3 is 2.95 bits per heavy atom. The monoisotopic (exact) mass is 263 g/mol. The van der Waals surface area contributed by atoms with Crippen molar-refractivity contribution in [3.63, 3.8) is 0 Å². The first-order valence-corrected chi connectivity index (χ1v) is 6.97. The third-order valence-electron chi connectivity index (χ3n) is 3.77. The molecule has 1 aromatic rings. The topological polar surface area (TPSA) is 27.7 Å². The maximum atomic E-state index is 5.41. The van der Waals surface area contributed by atoms with Gasteiger partial charge in [0.05, 0.1) is 12.8 Å². The lowest BCUT2D eigenvalue weighted by Gasteiger charge is -2.32. The Hall–Kier alpha value is -1.26. The number of methoxy groups -OCH3 is 1. The van der Waals surface area contributed by atoms with Crippen LogP contribution in [0, 0.1) is 0 Å². The number of likely N-dealkylation sites (N-methyl/N-ethyl adjacent to an activating group) is 1. The minimum atomic E-state index is 0.593. The van der Waals surface area contributed by atoms with Crippen LogP contribution in [-0.2, 0) is 0 Å². The van der Waals surface area contributed by atoms with Crippen LogP contribution in [0.15, 0.2) is 24.3 Å². The highest BCUT2D eigenvalue weighted by Gasteiger charge is 2.17. The van der Waals surface area contributed by atoms with E-state index < -0.39 is 0 Å². The summed E-state index contributed by atoms with van der Waals surface area (Å²) < 4.78 is 5.41. The van der Waals surface area contributed by atoms with Crippen LogP contribution in [0.3, 0.4) is 0 Å². The predicted octanol–water partition coefficient (Wildman–Crippen LogP) is 1.43. The van der Waals surface area contributed by atoms with Crippen molar-refractivity contribution in [2.24, 2.45) is 0 Å². The fraction of sp³-hybridized carbons (Fsp3) is 0.600. The average Bonchev–Trinajstić information content (AvgIpc) is 2.45. The van der Waals surface area contributed by atoms with Gasteiger partial charge in [0.15, 0.2) is 0 Å². The minimum absolute atomic E-state index is 0.593. The molecule has 0 bridgehead atoms. The molecule has 1 saturated heterocycles. The smallest absolute Gasteiger partial charge is 0.142 e. The van der Waals surface area contributed by atoms with E-state index in [1.807, 2.05) is 12.1 Å². The van der Waals surface area contributed by atoms with E-state index in [-0.39, 0.29) is 0 Å². The van der Waals surface area contributed by atoms with E-state index in [1.165, 1.54) is 0 Å². The van der Waals surface area contributed by atoms with Crippen molar-refractivity contribution in [2.75, 3.05) is 52.3 Å². The van der Waals surface area contributed by atoms with Gasteiger partial charge < -0.3 is 19.9 Å². The highest BCUT2D eigenvalue weighted by atomic mass is 16.5. The summed E-state index contributed by atoms with van der Waals surface area (Å²) in [7, 11) is 6.05. The summed E-state index contributed by atoms with van der Waals surface area (Å²) in [6.45, 7) is 4.42. The van der Waals surface area contributed by atoms with E-state index in [0.717, 1.165) is 44.0 Å². The van der Waals surface area contributed by atoms with Crippen molar-refractivity contribution < 1.29 is 4.74 Å². The van der Waals surface area contributed by atoms with Crippen molar-refractivity contribution in [3.05, 3.63) is 24.3 Å². The van der Waals surface area contributed by atoms with E-state index in [4.69, 9.17) is 4.74 Å². The molecule has 1 aromatic carbocycles. The molecular weight excluding hydrogens is 238 g/mol. The molecule has 1 N–H and O–H groups in total. The Bertz CT molecular complexity index is 397. The Kier molecular flexibility index (Phi) is 5.05. The van der Waals surface area contributed by atoms with Crippen LogP contribution in [0.4, 0.5) is 5.69 Å². The molecule has 4 nitrogen and oxygen atoms in total. The van der Waals surface area contributed by atoms with E-state index in [1.54, 1.807) is 7.11 Å². The van der Waals surface area contributed by atoms with Gasteiger partial charge in [0.1, 0.15) is 5.75 Å². The largest absolute Gasteiger partial charge is 0.495 e. The van der Waals surface area contributed by atoms with Gasteiger partial charge in [-0.05, 0) is 25.6 Å². The van der Waals surface area contributed by atoms with Gasteiger partial charge in [0, 0.05) is 39.3 Å². The van der Waals surface area contributed by atoms with Gasteiger partial charge in [0.25, 0.3) is 0 Å². The lowest BCUT2D eigenvalue weighted by atomic mass is 10.1. The zero-order valence-electron chi connectivity index (χ0n) is 12.2. The second-order valence-corrected chi connectivity index (χ2v) is 5.30. The molecule has 0 radical (unpaired) electrons. The molecule has 0 amide bonds.